The van der Waals surface area contributed by atoms with Crippen LogP contribution in [0.3, 0.4) is 0 Å². The lowest BCUT2D eigenvalue weighted by atomic mass is 9.88. The summed E-state index contributed by atoms with van der Waals surface area (Å²) in [5.74, 6) is 1.28. The number of nitrogens with zero attached hydrogens (tertiary/aromatic N) is 2. The highest BCUT2D eigenvalue weighted by Crippen LogP contribution is 2.53. The SMILES string of the molecule is CN1CCN(CCC(O)(C2CC2)C2CC2)CC1.Cl.Cl. The van der Waals surface area contributed by atoms with Crippen molar-refractivity contribution in [2.24, 2.45) is 11.8 Å². The van der Waals surface area contributed by atoms with Crippen LogP contribution in [0.15, 0.2) is 0 Å². The minimum absolute atomic E-state index is 0. The van der Waals surface area contributed by atoms with Crippen molar-refractivity contribution in [3.63, 3.8) is 0 Å². The van der Waals surface area contributed by atoms with Crippen LogP contribution in [0, 0.1) is 11.8 Å². The van der Waals surface area contributed by atoms with Gasteiger partial charge in [-0.1, -0.05) is 0 Å². The van der Waals surface area contributed by atoms with Crippen molar-refractivity contribution in [1.29, 1.82) is 0 Å². The minimum atomic E-state index is -0.288. The fourth-order valence-corrected chi connectivity index (χ4v) is 3.32. The Labute approximate surface area is 129 Å². The molecule has 0 aromatic carbocycles. The largest absolute Gasteiger partial charge is 0.389 e. The lowest BCUT2D eigenvalue weighted by molar-refractivity contribution is -0.0232. The fraction of sp³-hybridized carbons (Fsp3) is 1.00. The van der Waals surface area contributed by atoms with Gasteiger partial charge in [0.25, 0.3) is 0 Å². The van der Waals surface area contributed by atoms with Crippen molar-refractivity contribution in [1.82, 2.24) is 9.80 Å². The molecule has 1 saturated heterocycles. The molecular formula is C14H28Cl2N2O. The molecule has 2 aliphatic carbocycles. The standard InChI is InChI=1S/C14H26N2O.2ClH/c1-15-8-10-16(11-9-15)7-6-14(17,12-2-3-12)13-4-5-13;;/h12-13,17H,2-11H2,1H3;2*1H. The highest BCUT2D eigenvalue weighted by atomic mass is 35.5. The zero-order chi connectivity index (χ0) is 11.9. The van der Waals surface area contributed by atoms with E-state index in [2.05, 4.69) is 16.8 Å². The normalized spacial score (nSPS) is 25.6. The van der Waals surface area contributed by atoms with E-state index in [1.807, 2.05) is 0 Å². The summed E-state index contributed by atoms with van der Waals surface area (Å²) >= 11 is 0. The Morgan fingerprint density at radius 2 is 1.42 bits per heavy atom. The van der Waals surface area contributed by atoms with Crippen LogP contribution < -0.4 is 0 Å². The van der Waals surface area contributed by atoms with Crippen molar-refractivity contribution in [2.45, 2.75) is 37.7 Å². The van der Waals surface area contributed by atoms with Gasteiger partial charge in [0, 0.05) is 32.7 Å². The molecule has 0 atom stereocenters. The molecule has 19 heavy (non-hydrogen) atoms. The topological polar surface area (TPSA) is 26.7 Å². The molecule has 1 aliphatic heterocycles. The molecule has 5 heteroatoms. The van der Waals surface area contributed by atoms with Crippen molar-refractivity contribution >= 4 is 24.8 Å². The van der Waals surface area contributed by atoms with E-state index in [0.717, 1.165) is 13.0 Å². The summed E-state index contributed by atoms with van der Waals surface area (Å²) in [5.41, 5.74) is -0.288. The smallest absolute Gasteiger partial charge is 0.0716 e. The van der Waals surface area contributed by atoms with Gasteiger partial charge in [-0.3, -0.25) is 0 Å². The molecule has 0 bridgehead atoms. The third kappa shape index (κ3) is 4.21. The third-order valence-electron chi connectivity index (χ3n) is 4.99. The first-order chi connectivity index (χ1) is 8.18. The summed E-state index contributed by atoms with van der Waals surface area (Å²) in [5, 5.41) is 10.8. The second kappa shape index (κ2) is 6.95. The summed E-state index contributed by atoms with van der Waals surface area (Å²) in [4.78, 5) is 4.93. The Hall–Kier alpha value is 0.460. The number of hydrogen-bond donors (Lipinski definition) is 1. The molecule has 3 aliphatic rings. The molecular weight excluding hydrogens is 283 g/mol. The molecule has 1 heterocycles. The van der Waals surface area contributed by atoms with E-state index in [-0.39, 0.29) is 30.4 Å². The molecule has 2 saturated carbocycles. The van der Waals surface area contributed by atoms with E-state index in [9.17, 15) is 5.11 Å². The van der Waals surface area contributed by atoms with Gasteiger partial charge in [-0.05, 0) is 51.0 Å². The molecule has 114 valence electrons. The van der Waals surface area contributed by atoms with Gasteiger partial charge in [-0.25, -0.2) is 0 Å². The second-order valence-corrected chi connectivity index (χ2v) is 6.43. The molecule has 0 aromatic rings. The number of aliphatic hydroxyl groups is 1. The average molecular weight is 311 g/mol. The molecule has 3 rings (SSSR count). The van der Waals surface area contributed by atoms with Gasteiger partial charge in [0.15, 0.2) is 0 Å². The predicted octanol–water partition coefficient (Wildman–Crippen LogP) is 2.02. The van der Waals surface area contributed by atoms with Crippen LogP contribution in [0.1, 0.15) is 32.1 Å². The monoisotopic (exact) mass is 310 g/mol. The van der Waals surface area contributed by atoms with Gasteiger partial charge in [0.2, 0.25) is 0 Å². The van der Waals surface area contributed by atoms with E-state index in [4.69, 9.17) is 0 Å². The Balaban J connectivity index is 0.000000902. The highest BCUT2D eigenvalue weighted by Gasteiger charge is 2.52. The maximum Gasteiger partial charge on any atom is 0.0716 e. The highest BCUT2D eigenvalue weighted by molar-refractivity contribution is 5.85. The van der Waals surface area contributed by atoms with Gasteiger partial charge >= 0.3 is 0 Å². The molecule has 0 amide bonds. The summed E-state index contributed by atoms with van der Waals surface area (Å²) in [6.45, 7) is 5.84. The van der Waals surface area contributed by atoms with E-state index in [1.54, 1.807) is 0 Å². The number of hydrogen-bond acceptors (Lipinski definition) is 3. The lowest BCUT2D eigenvalue weighted by Gasteiger charge is -2.36. The van der Waals surface area contributed by atoms with Crippen molar-refractivity contribution in [3.8, 4) is 0 Å². The Morgan fingerprint density at radius 3 is 1.84 bits per heavy atom. The van der Waals surface area contributed by atoms with Crippen molar-refractivity contribution in [3.05, 3.63) is 0 Å². The van der Waals surface area contributed by atoms with Gasteiger partial charge in [-0.15, -0.1) is 24.8 Å². The minimum Gasteiger partial charge on any atom is -0.389 e. The zero-order valence-corrected chi connectivity index (χ0v) is 13.5. The fourth-order valence-electron chi connectivity index (χ4n) is 3.32. The van der Waals surface area contributed by atoms with Gasteiger partial charge in [0.05, 0.1) is 5.60 Å². The summed E-state index contributed by atoms with van der Waals surface area (Å²) in [6, 6.07) is 0. The van der Waals surface area contributed by atoms with Crippen LogP contribution in [0.4, 0.5) is 0 Å². The Kier molecular flexibility index (Phi) is 6.40. The van der Waals surface area contributed by atoms with Crippen LogP contribution in [0.2, 0.25) is 0 Å². The number of halogens is 2. The van der Waals surface area contributed by atoms with Crippen LogP contribution in [0.25, 0.3) is 0 Å². The first-order valence-corrected chi connectivity index (χ1v) is 7.32. The van der Waals surface area contributed by atoms with E-state index >= 15 is 0 Å². The van der Waals surface area contributed by atoms with Crippen molar-refractivity contribution < 1.29 is 5.11 Å². The molecule has 3 nitrogen and oxygen atoms in total. The Morgan fingerprint density at radius 1 is 0.947 bits per heavy atom. The maximum absolute atomic E-state index is 10.8. The molecule has 0 aromatic heterocycles. The Bertz CT molecular complexity index is 263. The predicted molar refractivity (Wildman–Crippen MR) is 83.4 cm³/mol. The first kappa shape index (κ1) is 17.5. The number of likely N-dealkylation sites (N-methyl/N-ethyl adjacent to an activating group) is 1. The molecule has 0 spiro atoms. The second-order valence-electron chi connectivity index (χ2n) is 6.43. The van der Waals surface area contributed by atoms with Gasteiger partial charge in [-0.2, -0.15) is 0 Å². The molecule has 0 radical (unpaired) electrons. The van der Waals surface area contributed by atoms with Crippen LogP contribution >= 0.6 is 24.8 Å². The summed E-state index contributed by atoms with van der Waals surface area (Å²) < 4.78 is 0. The molecule has 1 N–H and O–H groups in total. The van der Waals surface area contributed by atoms with E-state index < -0.39 is 0 Å². The zero-order valence-electron chi connectivity index (χ0n) is 11.9. The first-order valence-electron chi connectivity index (χ1n) is 7.32. The van der Waals surface area contributed by atoms with Gasteiger partial charge < -0.3 is 14.9 Å². The lowest BCUT2D eigenvalue weighted by Crippen LogP contribution is -2.47. The number of rotatable bonds is 5. The number of piperazine rings is 1. The average Bonchev–Trinajstić information content (AvgIpc) is 3.20. The van der Waals surface area contributed by atoms with E-state index in [0.29, 0.717) is 11.8 Å². The third-order valence-corrected chi connectivity index (χ3v) is 4.99. The van der Waals surface area contributed by atoms with E-state index in [1.165, 1.54) is 51.9 Å². The van der Waals surface area contributed by atoms with Crippen molar-refractivity contribution in [2.75, 3.05) is 39.8 Å². The van der Waals surface area contributed by atoms with Crippen LogP contribution in [-0.2, 0) is 0 Å². The summed E-state index contributed by atoms with van der Waals surface area (Å²) in [7, 11) is 2.20. The molecule has 3 fully saturated rings. The van der Waals surface area contributed by atoms with Crippen LogP contribution in [0.5, 0.6) is 0 Å². The molecule has 0 unspecified atom stereocenters. The van der Waals surface area contributed by atoms with Gasteiger partial charge in [0.1, 0.15) is 0 Å². The maximum atomic E-state index is 10.8. The summed E-state index contributed by atoms with van der Waals surface area (Å²) in [6.07, 6.45) is 6.11. The quantitative estimate of drug-likeness (QED) is 0.841. The van der Waals surface area contributed by atoms with Crippen LogP contribution in [-0.4, -0.2) is 60.3 Å².